The van der Waals surface area contributed by atoms with Gasteiger partial charge in [0.15, 0.2) is 5.22 Å². The highest BCUT2D eigenvalue weighted by atomic mass is 35.5. The van der Waals surface area contributed by atoms with Gasteiger partial charge in [0.1, 0.15) is 5.76 Å². The number of halogens is 2. The van der Waals surface area contributed by atoms with Crippen LogP contribution in [0.15, 0.2) is 23.1 Å². The first kappa shape index (κ1) is 7.70. The van der Waals surface area contributed by atoms with Crippen molar-refractivity contribution in [2.75, 3.05) is 5.88 Å². The van der Waals surface area contributed by atoms with E-state index in [4.69, 9.17) is 27.6 Å². The molecule has 1 rings (SSSR count). The molecule has 10 heavy (non-hydrogen) atoms. The lowest BCUT2D eigenvalue weighted by Gasteiger charge is -1.92. The van der Waals surface area contributed by atoms with Gasteiger partial charge in [-0.15, -0.1) is 11.6 Å². The van der Waals surface area contributed by atoms with Gasteiger partial charge in [0.05, 0.1) is 5.88 Å². The zero-order chi connectivity index (χ0) is 7.56. The van der Waals surface area contributed by atoms with Gasteiger partial charge in [0.25, 0.3) is 0 Å². The SMILES string of the molecule is C=C(CCl)c1ccc(Cl)o1. The molecule has 0 unspecified atom stereocenters. The normalized spacial score (nSPS) is 9.80. The van der Waals surface area contributed by atoms with Crippen molar-refractivity contribution in [1.82, 2.24) is 0 Å². The number of hydrogen-bond acceptors (Lipinski definition) is 1. The Morgan fingerprint density at radius 3 is 2.70 bits per heavy atom. The largest absolute Gasteiger partial charge is 0.445 e. The van der Waals surface area contributed by atoms with Gasteiger partial charge in [-0.3, -0.25) is 0 Å². The highest BCUT2D eigenvalue weighted by molar-refractivity contribution is 6.29. The van der Waals surface area contributed by atoms with Crippen LogP contribution < -0.4 is 0 Å². The molecule has 1 nitrogen and oxygen atoms in total. The highest BCUT2D eigenvalue weighted by Gasteiger charge is 2.01. The molecule has 0 atom stereocenters. The van der Waals surface area contributed by atoms with E-state index in [1.54, 1.807) is 12.1 Å². The molecular weight excluding hydrogens is 171 g/mol. The molecule has 0 aliphatic heterocycles. The van der Waals surface area contributed by atoms with E-state index >= 15 is 0 Å². The smallest absolute Gasteiger partial charge is 0.193 e. The number of rotatable bonds is 2. The predicted octanol–water partition coefficient (Wildman–Crippen LogP) is 3.19. The summed E-state index contributed by atoms with van der Waals surface area (Å²) < 4.78 is 5.02. The lowest BCUT2D eigenvalue weighted by Crippen LogP contribution is -1.77. The van der Waals surface area contributed by atoms with E-state index in [9.17, 15) is 0 Å². The minimum absolute atomic E-state index is 0.362. The molecule has 0 N–H and O–H groups in total. The van der Waals surface area contributed by atoms with Crippen molar-refractivity contribution in [3.8, 4) is 0 Å². The van der Waals surface area contributed by atoms with Gasteiger partial charge in [0.2, 0.25) is 0 Å². The number of allylic oxidation sites excluding steroid dienone is 1. The summed E-state index contributed by atoms with van der Waals surface area (Å²) in [6.45, 7) is 3.67. The fraction of sp³-hybridized carbons (Fsp3) is 0.143. The number of alkyl halides is 1. The minimum Gasteiger partial charge on any atom is -0.445 e. The molecule has 0 saturated carbocycles. The number of hydrogen-bond donors (Lipinski definition) is 0. The summed E-state index contributed by atoms with van der Waals surface area (Å²) in [6, 6.07) is 3.40. The van der Waals surface area contributed by atoms with Gasteiger partial charge in [-0.2, -0.15) is 0 Å². The second-order valence-corrected chi connectivity index (χ2v) is 2.48. The maximum absolute atomic E-state index is 5.51. The topological polar surface area (TPSA) is 13.1 Å². The fourth-order valence-corrected chi connectivity index (χ4v) is 0.848. The fourth-order valence-electron chi connectivity index (χ4n) is 0.570. The molecule has 1 heterocycles. The first-order valence-electron chi connectivity index (χ1n) is 2.73. The molecule has 0 aromatic carbocycles. The molecule has 0 radical (unpaired) electrons. The van der Waals surface area contributed by atoms with Crippen molar-refractivity contribution in [3.63, 3.8) is 0 Å². The van der Waals surface area contributed by atoms with Crippen molar-refractivity contribution in [2.24, 2.45) is 0 Å². The van der Waals surface area contributed by atoms with E-state index in [1.165, 1.54) is 0 Å². The first-order chi connectivity index (χ1) is 4.74. The molecule has 0 spiro atoms. The van der Waals surface area contributed by atoms with Crippen LogP contribution >= 0.6 is 23.2 Å². The molecule has 54 valence electrons. The van der Waals surface area contributed by atoms with Gasteiger partial charge in [-0.25, -0.2) is 0 Å². The monoisotopic (exact) mass is 176 g/mol. The van der Waals surface area contributed by atoms with Crippen LogP contribution in [0.25, 0.3) is 5.57 Å². The molecular formula is C7H6Cl2O. The van der Waals surface area contributed by atoms with E-state index in [-0.39, 0.29) is 0 Å². The van der Waals surface area contributed by atoms with Crippen molar-refractivity contribution in [2.45, 2.75) is 0 Å². The third-order valence-corrected chi connectivity index (χ3v) is 1.61. The summed E-state index contributed by atoms with van der Waals surface area (Å²) in [5, 5.41) is 0.362. The van der Waals surface area contributed by atoms with Crippen LogP contribution in [0.2, 0.25) is 5.22 Å². The minimum atomic E-state index is 0.362. The Morgan fingerprint density at radius 2 is 2.30 bits per heavy atom. The van der Waals surface area contributed by atoms with Crippen LogP contribution in [0.4, 0.5) is 0 Å². The third kappa shape index (κ3) is 1.55. The lowest BCUT2D eigenvalue weighted by atomic mass is 10.3. The van der Waals surface area contributed by atoms with Crippen LogP contribution in [-0.2, 0) is 0 Å². The van der Waals surface area contributed by atoms with Gasteiger partial charge in [0, 0.05) is 5.57 Å². The average Bonchev–Trinajstić information content (AvgIpc) is 2.34. The quantitative estimate of drug-likeness (QED) is 0.632. The Labute approximate surface area is 69.2 Å². The maximum atomic E-state index is 5.51. The van der Waals surface area contributed by atoms with Gasteiger partial charge in [-0.1, -0.05) is 6.58 Å². The van der Waals surface area contributed by atoms with E-state index in [0.717, 1.165) is 5.57 Å². The average molecular weight is 177 g/mol. The van der Waals surface area contributed by atoms with E-state index in [2.05, 4.69) is 6.58 Å². The maximum Gasteiger partial charge on any atom is 0.193 e. The summed E-state index contributed by atoms with van der Waals surface area (Å²) in [4.78, 5) is 0. The van der Waals surface area contributed by atoms with E-state index in [0.29, 0.717) is 16.9 Å². The summed E-state index contributed by atoms with van der Waals surface area (Å²) >= 11 is 11.0. The van der Waals surface area contributed by atoms with Crippen molar-refractivity contribution in [3.05, 3.63) is 29.7 Å². The molecule has 0 amide bonds. The van der Waals surface area contributed by atoms with Crippen LogP contribution in [-0.4, -0.2) is 5.88 Å². The van der Waals surface area contributed by atoms with Crippen molar-refractivity contribution < 1.29 is 4.42 Å². The second-order valence-electron chi connectivity index (χ2n) is 1.84. The van der Waals surface area contributed by atoms with E-state index in [1.807, 2.05) is 0 Å². The van der Waals surface area contributed by atoms with Crippen molar-refractivity contribution in [1.29, 1.82) is 0 Å². The van der Waals surface area contributed by atoms with Crippen LogP contribution in [0.3, 0.4) is 0 Å². The lowest BCUT2D eigenvalue weighted by molar-refractivity contribution is 0.555. The Bertz CT molecular complexity index is 240. The van der Waals surface area contributed by atoms with Crippen LogP contribution in [0, 0.1) is 0 Å². The Hall–Kier alpha value is -0.400. The summed E-state index contributed by atoms with van der Waals surface area (Å²) in [5.74, 6) is 1.02. The molecule has 0 aliphatic rings. The molecule has 0 saturated heterocycles. The Morgan fingerprint density at radius 1 is 1.60 bits per heavy atom. The third-order valence-electron chi connectivity index (χ3n) is 1.08. The van der Waals surface area contributed by atoms with Gasteiger partial charge in [-0.05, 0) is 23.7 Å². The molecule has 0 aliphatic carbocycles. The molecule has 0 fully saturated rings. The Kier molecular flexibility index (Phi) is 2.41. The van der Waals surface area contributed by atoms with Crippen LogP contribution in [0.5, 0.6) is 0 Å². The second kappa shape index (κ2) is 3.13. The van der Waals surface area contributed by atoms with Gasteiger partial charge < -0.3 is 4.42 Å². The predicted molar refractivity (Wildman–Crippen MR) is 43.5 cm³/mol. The zero-order valence-corrected chi connectivity index (χ0v) is 6.74. The van der Waals surface area contributed by atoms with Crippen LogP contribution in [0.1, 0.15) is 5.76 Å². The summed E-state index contributed by atoms with van der Waals surface area (Å²) in [7, 11) is 0. The van der Waals surface area contributed by atoms with E-state index < -0.39 is 0 Å². The summed E-state index contributed by atoms with van der Waals surface area (Å²) in [6.07, 6.45) is 0. The first-order valence-corrected chi connectivity index (χ1v) is 3.64. The molecule has 0 bridgehead atoms. The standard InChI is InChI=1S/C7H6Cl2O/c1-5(4-8)6-2-3-7(9)10-6/h2-3H,1,4H2. The Balaban J connectivity index is 2.85. The summed E-state index contributed by atoms with van der Waals surface area (Å²) in [5.41, 5.74) is 0.744. The highest BCUT2D eigenvalue weighted by Crippen LogP contribution is 2.19. The van der Waals surface area contributed by atoms with Crippen molar-refractivity contribution >= 4 is 28.8 Å². The number of furan rings is 1. The molecule has 1 aromatic rings. The molecule has 1 aromatic heterocycles. The van der Waals surface area contributed by atoms with Gasteiger partial charge >= 0.3 is 0 Å². The molecule has 3 heteroatoms. The zero-order valence-electron chi connectivity index (χ0n) is 5.23.